The first-order chi connectivity index (χ1) is 16.0. The van der Waals surface area contributed by atoms with E-state index in [2.05, 4.69) is 20.0 Å². The number of nitrogens with zero attached hydrogens (tertiary/aromatic N) is 5. The van der Waals surface area contributed by atoms with Crippen LogP contribution in [0.3, 0.4) is 0 Å². The number of hydrogen-bond acceptors (Lipinski definition) is 8. The minimum Gasteiger partial charge on any atom is -0.508 e. The molecule has 0 spiro atoms. The zero-order valence-electron chi connectivity index (χ0n) is 17.8. The van der Waals surface area contributed by atoms with Crippen molar-refractivity contribution >= 4 is 21.6 Å². The first-order valence-electron chi connectivity index (χ1n) is 10.6. The van der Waals surface area contributed by atoms with Crippen LogP contribution in [0.5, 0.6) is 5.75 Å². The molecule has 1 N–H and O–H groups in total. The van der Waals surface area contributed by atoms with Gasteiger partial charge >= 0.3 is 0 Å². The van der Waals surface area contributed by atoms with Crippen LogP contribution in [0, 0.1) is 0 Å². The Morgan fingerprint density at radius 1 is 1.00 bits per heavy atom. The van der Waals surface area contributed by atoms with Gasteiger partial charge in [-0.2, -0.15) is 17.9 Å². The van der Waals surface area contributed by atoms with Crippen molar-refractivity contribution < 1.29 is 18.3 Å². The van der Waals surface area contributed by atoms with Gasteiger partial charge in [-0.3, -0.25) is 4.98 Å². The summed E-state index contributed by atoms with van der Waals surface area (Å²) in [6, 6.07) is 12.9. The molecule has 9 nitrogen and oxygen atoms in total. The van der Waals surface area contributed by atoms with Crippen molar-refractivity contribution in [3.63, 3.8) is 0 Å². The van der Waals surface area contributed by atoms with Gasteiger partial charge in [-0.1, -0.05) is 24.3 Å². The van der Waals surface area contributed by atoms with Crippen LogP contribution in [0.15, 0.2) is 77.1 Å². The van der Waals surface area contributed by atoms with Crippen molar-refractivity contribution in [2.24, 2.45) is 5.10 Å². The molecule has 33 heavy (non-hydrogen) atoms. The van der Waals surface area contributed by atoms with Crippen LogP contribution in [-0.2, 0) is 14.8 Å². The maximum atomic E-state index is 13.6. The summed E-state index contributed by atoms with van der Waals surface area (Å²) in [4.78, 5) is 10.6. The normalized spacial score (nSPS) is 18.9. The average molecular weight is 466 g/mol. The summed E-state index contributed by atoms with van der Waals surface area (Å²) in [7, 11) is -4.03. The SMILES string of the molecule is O=S(=O)(c1ccc(N2CCOCC2)nc1)N1N=C(c2cccnc2)CC1c1ccccc1O. The molecule has 1 fully saturated rings. The van der Waals surface area contributed by atoms with Crippen LogP contribution < -0.4 is 4.90 Å². The highest BCUT2D eigenvalue weighted by Gasteiger charge is 2.39. The Morgan fingerprint density at radius 2 is 1.82 bits per heavy atom. The molecular formula is C23H23N5O4S. The number of pyridine rings is 2. The van der Waals surface area contributed by atoms with E-state index in [1.54, 1.807) is 54.9 Å². The number of phenolic OH excluding ortho intramolecular Hbond substituents is 1. The summed E-state index contributed by atoms with van der Waals surface area (Å²) in [5.41, 5.74) is 1.80. The fraction of sp³-hybridized carbons (Fsp3) is 0.261. The Bertz CT molecular complexity index is 1260. The van der Waals surface area contributed by atoms with E-state index in [4.69, 9.17) is 4.74 Å². The molecule has 0 saturated carbocycles. The molecule has 0 aliphatic carbocycles. The maximum absolute atomic E-state index is 13.6. The Morgan fingerprint density at radius 3 is 2.52 bits per heavy atom. The van der Waals surface area contributed by atoms with Gasteiger partial charge in [0.15, 0.2) is 0 Å². The van der Waals surface area contributed by atoms with Crippen molar-refractivity contribution in [2.45, 2.75) is 17.4 Å². The number of aromatic nitrogens is 2. The molecule has 2 aliphatic heterocycles. The summed E-state index contributed by atoms with van der Waals surface area (Å²) in [6.07, 6.45) is 4.96. The van der Waals surface area contributed by atoms with Crippen molar-refractivity contribution in [3.05, 3.63) is 78.2 Å². The van der Waals surface area contributed by atoms with Gasteiger partial charge in [-0.05, 0) is 24.3 Å². The van der Waals surface area contributed by atoms with Gasteiger partial charge in [-0.15, -0.1) is 0 Å². The van der Waals surface area contributed by atoms with Crippen LogP contribution >= 0.6 is 0 Å². The molecule has 1 unspecified atom stereocenters. The quantitative estimate of drug-likeness (QED) is 0.617. The highest BCUT2D eigenvalue weighted by molar-refractivity contribution is 7.89. The molecular weight excluding hydrogens is 442 g/mol. The molecule has 5 rings (SSSR count). The number of phenols is 1. The average Bonchev–Trinajstić information content (AvgIpc) is 3.32. The minimum absolute atomic E-state index is 0.0196. The molecule has 4 heterocycles. The molecule has 170 valence electrons. The van der Waals surface area contributed by atoms with Crippen LogP contribution in [-0.4, -0.2) is 59.9 Å². The number of rotatable bonds is 5. The number of hydrogen-bond donors (Lipinski definition) is 1. The van der Waals surface area contributed by atoms with Gasteiger partial charge < -0.3 is 14.7 Å². The van der Waals surface area contributed by atoms with E-state index in [0.717, 1.165) is 9.98 Å². The number of aromatic hydroxyl groups is 1. The summed E-state index contributed by atoms with van der Waals surface area (Å²) in [5, 5.41) is 14.9. The summed E-state index contributed by atoms with van der Waals surface area (Å²) < 4.78 is 33.7. The van der Waals surface area contributed by atoms with Gasteiger partial charge in [0.25, 0.3) is 10.0 Å². The fourth-order valence-electron chi connectivity index (χ4n) is 4.03. The Hall–Kier alpha value is -3.50. The molecule has 0 radical (unpaired) electrons. The maximum Gasteiger partial charge on any atom is 0.281 e. The third-order valence-corrected chi connectivity index (χ3v) is 7.43. The highest BCUT2D eigenvalue weighted by atomic mass is 32.2. The molecule has 10 heteroatoms. The number of para-hydroxylation sites is 1. The predicted octanol–water partition coefficient (Wildman–Crippen LogP) is 2.56. The lowest BCUT2D eigenvalue weighted by Crippen LogP contribution is -2.36. The Balaban J connectivity index is 1.51. The van der Waals surface area contributed by atoms with Crippen molar-refractivity contribution in [1.29, 1.82) is 0 Å². The van der Waals surface area contributed by atoms with Gasteiger partial charge in [0.2, 0.25) is 0 Å². The summed E-state index contributed by atoms with van der Waals surface area (Å²) in [6.45, 7) is 2.64. The van der Waals surface area contributed by atoms with E-state index in [9.17, 15) is 13.5 Å². The zero-order chi connectivity index (χ0) is 22.8. The predicted molar refractivity (Wildman–Crippen MR) is 123 cm³/mol. The van der Waals surface area contributed by atoms with Crippen molar-refractivity contribution in [3.8, 4) is 5.75 Å². The first-order valence-corrected chi connectivity index (χ1v) is 12.1. The molecule has 2 aromatic heterocycles. The van der Waals surface area contributed by atoms with Gasteiger partial charge in [0, 0.05) is 49.2 Å². The molecule has 1 atom stereocenters. The number of hydrazone groups is 1. The van der Waals surface area contributed by atoms with Crippen molar-refractivity contribution in [2.75, 3.05) is 31.2 Å². The van der Waals surface area contributed by atoms with Crippen LogP contribution in [0.1, 0.15) is 23.6 Å². The number of benzene rings is 1. The first kappa shape index (κ1) is 21.4. The molecule has 1 aromatic carbocycles. The van der Waals surface area contributed by atoms with Crippen LogP contribution in [0.2, 0.25) is 0 Å². The lowest BCUT2D eigenvalue weighted by molar-refractivity contribution is 0.122. The van der Waals surface area contributed by atoms with E-state index in [0.29, 0.717) is 49.8 Å². The highest BCUT2D eigenvalue weighted by Crippen LogP contribution is 2.40. The second-order valence-corrected chi connectivity index (χ2v) is 9.59. The lowest BCUT2D eigenvalue weighted by Gasteiger charge is -2.28. The topological polar surface area (TPSA) is 108 Å². The van der Waals surface area contributed by atoms with E-state index in [-0.39, 0.29) is 10.6 Å². The number of sulfonamides is 1. The Kier molecular flexibility index (Phi) is 5.69. The van der Waals surface area contributed by atoms with Crippen molar-refractivity contribution in [1.82, 2.24) is 14.4 Å². The second-order valence-electron chi connectivity index (χ2n) is 7.80. The zero-order valence-corrected chi connectivity index (χ0v) is 18.6. The largest absolute Gasteiger partial charge is 0.508 e. The Labute approximate surface area is 192 Å². The standard InChI is InChI=1S/C23H23N5O4S/c29-22-6-2-1-5-19(22)21-14-20(17-4-3-9-24-15-17)26-28(21)33(30,31)18-7-8-23(25-16-18)27-10-12-32-13-11-27/h1-9,15-16,21,29H,10-14H2. The summed E-state index contributed by atoms with van der Waals surface area (Å²) >= 11 is 0. The van der Waals surface area contributed by atoms with E-state index in [1.165, 1.54) is 6.20 Å². The molecule has 0 bridgehead atoms. The van der Waals surface area contributed by atoms with E-state index >= 15 is 0 Å². The lowest BCUT2D eigenvalue weighted by atomic mass is 9.99. The second kappa shape index (κ2) is 8.80. The fourth-order valence-corrected chi connectivity index (χ4v) is 5.40. The monoisotopic (exact) mass is 465 g/mol. The molecule has 2 aliphatic rings. The van der Waals surface area contributed by atoms with Crippen LogP contribution in [0.25, 0.3) is 0 Å². The van der Waals surface area contributed by atoms with Gasteiger partial charge in [0.1, 0.15) is 16.5 Å². The number of anilines is 1. The minimum atomic E-state index is -4.03. The molecule has 0 amide bonds. The molecule has 3 aromatic rings. The third-order valence-electron chi connectivity index (χ3n) is 5.76. The van der Waals surface area contributed by atoms with Gasteiger partial charge in [-0.25, -0.2) is 4.98 Å². The van der Waals surface area contributed by atoms with E-state index < -0.39 is 16.1 Å². The summed E-state index contributed by atoms with van der Waals surface area (Å²) in [5.74, 6) is 0.724. The van der Waals surface area contributed by atoms with Gasteiger partial charge in [0.05, 0.1) is 25.0 Å². The number of ether oxygens (including phenoxy) is 1. The number of morpholine rings is 1. The molecule has 1 saturated heterocycles. The van der Waals surface area contributed by atoms with Crippen LogP contribution in [0.4, 0.5) is 5.82 Å². The third kappa shape index (κ3) is 4.14. The smallest absolute Gasteiger partial charge is 0.281 e. The van der Waals surface area contributed by atoms with E-state index in [1.807, 2.05) is 6.07 Å².